The zero-order chi connectivity index (χ0) is 23.8. The lowest BCUT2D eigenvalue weighted by molar-refractivity contribution is -0.384. The lowest BCUT2D eigenvalue weighted by Gasteiger charge is -2.16. The van der Waals surface area contributed by atoms with E-state index in [4.69, 9.17) is 9.47 Å². The van der Waals surface area contributed by atoms with Crippen molar-refractivity contribution in [2.45, 2.75) is 0 Å². The molecule has 172 valence electrons. The van der Waals surface area contributed by atoms with E-state index in [1.54, 1.807) is 36.7 Å². The molecule has 0 saturated heterocycles. The van der Waals surface area contributed by atoms with Crippen molar-refractivity contribution >= 4 is 29.2 Å². The van der Waals surface area contributed by atoms with Crippen molar-refractivity contribution in [3.8, 4) is 5.75 Å². The summed E-state index contributed by atoms with van der Waals surface area (Å²) in [5, 5.41) is 22.3. The van der Waals surface area contributed by atoms with Gasteiger partial charge in [0.15, 0.2) is 11.7 Å². The topological polar surface area (TPSA) is 165 Å². The van der Waals surface area contributed by atoms with Crippen molar-refractivity contribution in [1.82, 2.24) is 20.8 Å². The number of carbonyl (C=O) groups is 1. The van der Waals surface area contributed by atoms with Gasteiger partial charge in [-0.2, -0.15) is 10.2 Å². The van der Waals surface area contributed by atoms with Crippen LogP contribution in [0.2, 0.25) is 0 Å². The Bertz CT molecular complexity index is 1230. The molecule has 13 heteroatoms. The predicted molar refractivity (Wildman–Crippen MR) is 121 cm³/mol. The van der Waals surface area contributed by atoms with Gasteiger partial charge in [0.25, 0.3) is 5.69 Å². The summed E-state index contributed by atoms with van der Waals surface area (Å²) >= 11 is 0. The third kappa shape index (κ3) is 5.59. The summed E-state index contributed by atoms with van der Waals surface area (Å²) in [5.41, 5.74) is 7.38. The van der Waals surface area contributed by atoms with Crippen LogP contribution in [0, 0.1) is 10.1 Å². The molecule has 0 aliphatic carbocycles. The van der Waals surface area contributed by atoms with Crippen LogP contribution in [0.25, 0.3) is 0 Å². The number of nitro groups is 1. The van der Waals surface area contributed by atoms with Crippen molar-refractivity contribution in [2.75, 3.05) is 18.5 Å². The Morgan fingerprint density at radius 2 is 1.74 bits per heavy atom. The number of amidine groups is 2. The molecule has 1 aromatic carbocycles. The van der Waals surface area contributed by atoms with Gasteiger partial charge in [0, 0.05) is 31.1 Å². The van der Waals surface area contributed by atoms with Gasteiger partial charge < -0.3 is 14.8 Å². The van der Waals surface area contributed by atoms with Crippen LogP contribution in [0.5, 0.6) is 5.75 Å². The molecule has 1 aliphatic rings. The average Bonchev–Trinajstić information content (AvgIpc) is 2.88. The van der Waals surface area contributed by atoms with Gasteiger partial charge in [-0.1, -0.05) is 6.07 Å². The summed E-state index contributed by atoms with van der Waals surface area (Å²) in [4.78, 5) is 30.5. The van der Waals surface area contributed by atoms with Gasteiger partial charge in [0.2, 0.25) is 0 Å². The molecule has 1 aliphatic heterocycles. The Morgan fingerprint density at radius 1 is 0.971 bits per heavy atom. The van der Waals surface area contributed by atoms with E-state index in [-0.39, 0.29) is 24.6 Å². The molecule has 0 atom stereocenters. The summed E-state index contributed by atoms with van der Waals surface area (Å²) in [5.74, 6) is 0.994. The van der Waals surface area contributed by atoms with Gasteiger partial charge in [-0.25, -0.2) is 4.79 Å². The zero-order valence-electron chi connectivity index (χ0n) is 17.5. The third-order valence-corrected chi connectivity index (χ3v) is 4.37. The molecule has 0 bridgehead atoms. The largest absolute Gasteiger partial charge is 0.513 e. The van der Waals surface area contributed by atoms with E-state index in [2.05, 4.69) is 36.3 Å². The highest BCUT2D eigenvalue weighted by atomic mass is 16.7. The normalized spacial score (nSPS) is 12.4. The molecule has 0 fully saturated rings. The second-order valence-corrected chi connectivity index (χ2v) is 6.64. The first kappa shape index (κ1) is 22.1. The minimum absolute atomic E-state index is 0.000279. The minimum atomic E-state index is -0.930. The second-order valence-electron chi connectivity index (χ2n) is 6.64. The van der Waals surface area contributed by atoms with E-state index in [1.165, 1.54) is 24.3 Å². The number of aromatic nitrogens is 2. The fourth-order valence-corrected chi connectivity index (χ4v) is 2.81. The summed E-state index contributed by atoms with van der Waals surface area (Å²) in [6, 6.07) is 14.1. The molecule has 0 spiro atoms. The van der Waals surface area contributed by atoms with Crippen LogP contribution in [0.4, 0.5) is 16.2 Å². The molecule has 0 saturated carbocycles. The van der Waals surface area contributed by atoms with E-state index < -0.39 is 11.1 Å². The Labute approximate surface area is 192 Å². The first-order valence-electron chi connectivity index (χ1n) is 9.97. The molecule has 4 rings (SSSR count). The maximum Gasteiger partial charge on any atom is 0.513 e. The summed E-state index contributed by atoms with van der Waals surface area (Å²) in [6.45, 7) is 0.261. The second kappa shape index (κ2) is 10.5. The standard InChI is InChI=1S/C21H18N8O5/c30-21(34-15-8-6-14(7-9-15)29(31)32)33-13-12-23-16-5-3-11-24-18(16)20-27-25-19(26-28-20)17-4-1-2-10-22-17/h1-11,23H,12-13H2,(H,25,26)(H,27,28). The molecule has 2 aromatic heterocycles. The Kier molecular flexibility index (Phi) is 6.83. The number of nitrogens with one attached hydrogen (secondary N) is 3. The number of non-ortho nitro benzene ring substituents is 1. The quantitative estimate of drug-likeness (QED) is 0.149. The van der Waals surface area contributed by atoms with Gasteiger partial charge in [-0.15, -0.1) is 0 Å². The van der Waals surface area contributed by atoms with E-state index in [1.807, 2.05) is 6.07 Å². The zero-order valence-corrected chi connectivity index (χ0v) is 17.5. The monoisotopic (exact) mass is 462 g/mol. The Hall–Kier alpha value is -5.07. The third-order valence-electron chi connectivity index (χ3n) is 4.37. The van der Waals surface area contributed by atoms with E-state index in [0.29, 0.717) is 28.7 Å². The van der Waals surface area contributed by atoms with Crippen molar-refractivity contribution in [3.05, 3.63) is 88.5 Å². The molecule has 3 N–H and O–H groups in total. The molecule has 3 aromatic rings. The van der Waals surface area contributed by atoms with Gasteiger partial charge in [0.05, 0.1) is 10.6 Å². The number of nitrogens with zero attached hydrogens (tertiary/aromatic N) is 5. The number of carbonyl (C=O) groups excluding carboxylic acids is 1. The van der Waals surface area contributed by atoms with Gasteiger partial charge >= 0.3 is 6.16 Å². The average molecular weight is 462 g/mol. The minimum Gasteiger partial charge on any atom is -0.432 e. The smallest absolute Gasteiger partial charge is 0.432 e. The molecular weight excluding hydrogens is 444 g/mol. The first-order valence-corrected chi connectivity index (χ1v) is 9.97. The number of benzene rings is 1. The molecule has 13 nitrogen and oxygen atoms in total. The highest BCUT2D eigenvalue weighted by molar-refractivity contribution is 6.06. The van der Waals surface area contributed by atoms with Gasteiger partial charge in [0.1, 0.15) is 23.7 Å². The first-order chi connectivity index (χ1) is 16.6. The Balaban J connectivity index is 1.27. The van der Waals surface area contributed by atoms with E-state index >= 15 is 0 Å². The fourth-order valence-electron chi connectivity index (χ4n) is 2.81. The number of rotatable bonds is 8. The fraction of sp³-hybridized carbons (Fsp3) is 0.0952. The molecule has 0 radical (unpaired) electrons. The number of hydrogen-bond acceptors (Lipinski definition) is 12. The van der Waals surface area contributed by atoms with Crippen molar-refractivity contribution < 1.29 is 19.2 Å². The molecule has 34 heavy (non-hydrogen) atoms. The summed E-state index contributed by atoms with van der Waals surface area (Å²) < 4.78 is 10.0. The lowest BCUT2D eigenvalue weighted by atomic mass is 10.2. The van der Waals surface area contributed by atoms with E-state index in [9.17, 15) is 14.9 Å². The number of hydrogen-bond donors (Lipinski definition) is 3. The van der Waals surface area contributed by atoms with Crippen LogP contribution < -0.4 is 20.9 Å². The molecule has 0 amide bonds. The van der Waals surface area contributed by atoms with Crippen LogP contribution in [-0.4, -0.2) is 45.9 Å². The maximum atomic E-state index is 11.8. The van der Waals surface area contributed by atoms with Crippen LogP contribution in [-0.2, 0) is 4.74 Å². The Morgan fingerprint density at radius 3 is 2.44 bits per heavy atom. The van der Waals surface area contributed by atoms with Crippen LogP contribution >= 0.6 is 0 Å². The summed E-state index contributed by atoms with van der Waals surface area (Å²) in [7, 11) is 0. The van der Waals surface area contributed by atoms with Crippen LogP contribution in [0.3, 0.4) is 0 Å². The number of pyridine rings is 2. The number of anilines is 1. The molecule has 0 unspecified atom stereocenters. The highest BCUT2D eigenvalue weighted by Crippen LogP contribution is 2.18. The van der Waals surface area contributed by atoms with Gasteiger partial charge in [-0.05, 0) is 36.4 Å². The highest BCUT2D eigenvalue weighted by Gasteiger charge is 2.16. The summed E-state index contributed by atoms with van der Waals surface area (Å²) in [6.07, 6.45) is 2.34. The van der Waals surface area contributed by atoms with Crippen LogP contribution in [0.1, 0.15) is 11.4 Å². The van der Waals surface area contributed by atoms with Crippen LogP contribution in [0.15, 0.2) is 77.2 Å². The van der Waals surface area contributed by atoms with Crippen molar-refractivity contribution in [1.29, 1.82) is 0 Å². The molecular formula is C21H18N8O5. The number of nitro benzene ring substituents is 1. The number of ether oxygens (including phenoxy) is 2. The number of hydrazone groups is 2. The van der Waals surface area contributed by atoms with E-state index in [0.717, 1.165) is 0 Å². The molecule has 3 heterocycles. The SMILES string of the molecule is O=C(OCCNc1cccnc1C1=NNC(c2ccccn2)=NN1)Oc1ccc([N+](=O)[O-])cc1. The lowest BCUT2D eigenvalue weighted by Crippen LogP contribution is -2.35. The van der Waals surface area contributed by atoms with Gasteiger partial charge in [-0.3, -0.25) is 30.9 Å². The van der Waals surface area contributed by atoms with Crippen molar-refractivity contribution in [2.24, 2.45) is 10.2 Å². The maximum absolute atomic E-state index is 11.8. The van der Waals surface area contributed by atoms with Crippen molar-refractivity contribution in [3.63, 3.8) is 0 Å². The predicted octanol–water partition coefficient (Wildman–Crippen LogP) is 2.23.